The topological polar surface area (TPSA) is 118 Å². The van der Waals surface area contributed by atoms with Gasteiger partial charge in [-0.05, 0) is 48.0 Å². The number of carbonyl (C=O) groups excluding carboxylic acids is 2. The van der Waals surface area contributed by atoms with Crippen molar-refractivity contribution in [3.05, 3.63) is 60.3 Å². The summed E-state index contributed by atoms with van der Waals surface area (Å²) in [5.41, 5.74) is 1.36. The third-order valence-corrected chi connectivity index (χ3v) is 3.60. The summed E-state index contributed by atoms with van der Waals surface area (Å²) in [7, 11) is 0. The number of esters is 1. The maximum Gasteiger partial charge on any atom is 0.338 e. The van der Waals surface area contributed by atoms with Gasteiger partial charge in [-0.2, -0.15) is 0 Å². The van der Waals surface area contributed by atoms with Gasteiger partial charge in [-0.15, -0.1) is 0 Å². The van der Waals surface area contributed by atoms with E-state index in [0.717, 1.165) is 0 Å². The van der Waals surface area contributed by atoms with Gasteiger partial charge in [0, 0.05) is 17.8 Å². The first kappa shape index (κ1) is 18.9. The fraction of sp³-hybridized carbons (Fsp3) is 0.158. The van der Waals surface area contributed by atoms with Crippen LogP contribution in [0.3, 0.4) is 0 Å². The van der Waals surface area contributed by atoms with Crippen LogP contribution in [0.5, 0.6) is 11.7 Å². The van der Waals surface area contributed by atoms with E-state index < -0.39 is 24.4 Å². The van der Waals surface area contributed by atoms with Crippen LogP contribution in [0.2, 0.25) is 0 Å². The molecule has 2 aromatic carbocycles. The zero-order chi connectivity index (χ0) is 19.9. The van der Waals surface area contributed by atoms with Crippen LogP contribution in [0.4, 0.5) is 5.69 Å². The smallest absolute Gasteiger partial charge is 0.338 e. The minimum absolute atomic E-state index is 0.254. The molecule has 0 aliphatic carbocycles. The summed E-state index contributed by atoms with van der Waals surface area (Å²) in [6.45, 7) is 2.01. The average Bonchev–Trinajstić information content (AvgIpc) is 3.14. The molecule has 0 atom stereocenters. The number of anilines is 1. The number of aromatic nitrogens is 2. The van der Waals surface area contributed by atoms with Crippen molar-refractivity contribution in [1.29, 1.82) is 0 Å². The average molecular weight is 383 g/mol. The second kappa shape index (κ2) is 8.67. The molecule has 0 aliphatic heterocycles. The SMILES string of the molecule is CCOc1ccc(NC(=O)COC(=O)c2ccc(-[n+]3cc([O-])on3)cc2)cc1. The minimum Gasteiger partial charge on any atom is -0.539 e. The summed E-state index contributed by atoms with van der Waals surface area (Å²) < 4.78 is 16.0. The van der Waals surface area contributed by atoms with Crippen molar-refractivity contribution in [3.63, 3.8) is 0 Å². The lowest BCUT2D eigenvalue weighted by Crippen LogP contribution is -2.31. The lowest BCUT2D eigenvalue weighted by molar-refractivity contribution is -0.670. The molecule has 0 unspecified atom stereocenters. The summed E-state index contributed by atoms with van der Waals surface area (Å²) in [5, 5.41) is 17.2. The fourth-order valence-electron chi connectivity index (χ4n) is 2.32. The summed E-state index contributed by atoms with van der Waals surface area (Å²) in [4.78, 5) is 24.0. The van der Waals surface area contributed by atoms with Crippen LogP contribution >= 0.6 is 0 Å². The van der Waals surface area contributed by atoms with E-state index in [-0.39, 0.29) is 5.56 Å². The molecule has 3 rings (SSSR count). The van der Waals surface area contributed by atoms with Gasteiger partial charge >= 0.3 is 5.97 Å². The van der Waals surface area contributed by atoms with E-state index in [1.807, 2.05) is 6.92 Å². The maximum atomic E-state index is 12.1. The van der Waals surface area contributed by atoms with Gasteiger partial charge < -0.3 is 24.4 Å². The highest BCUT2D eigenvalue weighted by molar-refractivity contribution is 5.95. The van der Waals surface area contributed by atoms with Crippen molar-refractivity contribution in [1.82, 2.24) is 5.27 Å². The Balaban J connectivity index is 1.51. The monoisotopic (exact) mass is 383 g/mol. The van der Waals surface area contributed by atoms with Crippen molar-refractivity contribution < 1.29 is 33.4 Å². The van der Waals surface area contributed by atoms with Gasteiger partial charge in [0.25, 0.3) is 5.91 Å². The van der Waals surface area contributed by atoms with Gasteiger partial charge in [0.1, 0.15) is 11.7 Å². The van der Waals surface area contributed by atoms with Crippen LogP contribution in [-0.2, 0) is 9.53 Å². The largest absolute Gasteiger partial charge is 0.539 e. The van der Waals surface area contributed by atoms with E-state index in [0.29, 0.717) is 23.7 Å². The molecule has 1 heterocycles. The number of rotatable bonds is 7. The van der Waals surface area contributed by atoms with E-state index in [1.54, 1.807) is 36.4 Å². The van der Waals surface area contributed by atoms with Gasteiger partial charge in [0.05, 0.1) is 17.4 Å². The first-order valence-electron chi connectivity index (χ1n) is 8.41. The normalized spacial score (nSPS) is 10.3. The van der Waals surface area contributed by atoms with E-state index in [1.165, 1.54) is 23.0 Å². The number of benzene rings is 2. The molecule has 0 aliphatic rings. The summed E-state index contributed by atoms with van der Waals surface area (Å²) in [6.07, 6.45) is 1.17. The molecular weight excluding hydrogens is 366 g/mol. The molecule has 0 fully saturated rings. The van der Waals surface area contributed by atoms with Crippen molar-refractivity contribution in [2.75, 3.05) is 18.5 Å². The van der Waals surface area contributed by atoms with Gasteiger partial charge in [0.15, 0.2) is 6.61 Å². The van der Waals surface area contributed by atoms with E-state index in [9.17, 15) is 14.7 Å². The molecule has 9 nitrogen and oxygen atoms in total. The zero-order valence-corrected chi connectivity index (χ0v) is 15.0. The van der Waals surface area contributed by atoms with E-state index >= 15 is 0 Å². The number of carbonyl (C=O) groups is 2. The van der Waals surface area contributed by atoms with Crippen LogP contribution in [0.25, 0.3) is 5.69 Å². The Morgan fingerprint density at radius 1 is 1.14 bits per heavy atom. The Bertz CT molecular complexity index is 951. The molecule has 3 aromatic rings. The van der Waals surface area contributed by atoms with Crippen LogP contribution < -0.4 is 19.8 Å². The molecule has 1 amide bonds. The summed E-state index contributed by atoms with van der Waals surface area (Å²) >= 11 is 0. The van der Waals surface area contributed by atoms with E-state index in [2.05, 4.69) is 15.1 Å². The third-order valence-electron chi connectivity index (χ3n) is 3.60. The Hall–Kier alpha value is -3.88. The second-order valence-corrected chi connectivity index (χ2v) is 5.59. The quantitative estimate of drug-likeness (QED) is 0.481. The number of amides is 1. The van der Waals surface area contributed by atoms with Crippen molar-refractivity contribution in [3.8, 4) is 17.4 Å². The molecule has 0 saturated heterocycles. The Kier molecular flexibility index (Phi) is 5.85. The summed E-state index contributed by atoms with van der Waals surface area (Å²) in [6, 6.07) is 13.0. The number of nitrogens with zero attached hydrogens (tertiary/aromatic N) is 2. The molecule has 9 heteroatoms. The third kappa shape index (κ3) is 4.85. The number of nitrogens with one attached hydrogen (secondary N) is 1. The molecule has 144 valence electrons. The van der Waals surface area contributed by atoms with Crippen LogP contribution in [0, 0.1) is 0 Å². The number of ether oxygens (including phenoxy) is 2. The molecule has 0 spiro atoms. The van der Waals surface area contributed by atoms with E-state index in [4.69, 9.17) is 9.47 Å². The first-order valence-corrected chi connectivity index (χ1v) is 8.41. The molecule has 28 heavy (non-hydrogen) atoms. The van der Waals surface area contributed by atoms with Crippen LogP contribution in [-0.4, -0.2) is 30.4 Å². The molecular formula is C19H17N3O6. The predicted octanol–water partition coefficient (Wildman–Crippen LogP) is 1.22. The minimum atomic E-state index is -0.650. The highest BCUT2D eigenvalue weighted by Gasteiger charge is 2.14. The maximum absolute atomic E-state index is 12.1. The molecule has 0 saturated carbocycles. The second-order valence-electron chi connectivity index (χ2n) is 5.59. The summed E-state index contributed by atoms with van der Waals surface area (Å²) in [5.74, 6) is -0.994. The highest BCUT2D eigenvalue weighted by Crippen LogP contribution is 2.15. The highest BCUT2D eigenvalue weighted by atomic mass is 16.6. The first-order chi connectivity index (χ1) is 13.5. The lowest BCUT2D eigenvalue weighted by atomic mass is 10.2. The van der Waals surface area contributed by atoms with Gasteiger partial charge in [-0.25, -0.2) is 4.79 Å². The number of hydrogen-bond acceptors (Lipinski definition) is 7. The van der Waals surface area contributed by atoms with Crippen molar-refractivity contribution in [2.24, 2.45) is 0 Å². The van der Waals surface area contributed by atoms with Gasteiger partial charge in [-0.1, -0.05) is 0 Å². The van der Waals surface area contributed by atoms with Gasteiger partial charge in [-0.3, -0.25) is 4.79 Å². The zero-order valence-electron chi connectivity index (χ0n) is 15.0. The molecule has 0 radical (unpaired) electrons. The lowest BCUT2D eigenvalue weighted by Gasteiger charge is -2.08. The standard InChI is InChI=1S/C19H17N3O6/c1-2-26-16-9-5-14(6-10-16)20-17(23)12-27-19(25)13-3-7-15(8-4-13)22-11-18(24)28-21-22/h3-11H,2,12H2,1H3,(H-,20,21,23,24). The Labute approximate surface area is 160 Å². The fourth-order valence-corrected chi connectivity index (χ4v) is 2.32. The van der Waals surface area contributed by atoms with Crippen molar-refractivity contribution >= 4 is 17.6 Å². The Morgan fingerprint density at radius 3 is 2.46 bits per heavy atom. The molecule has 0 bridgehead atoms. The molecule has 1 aromatic heterocycles. The molecule has 1 N–H and O–H groups in total. The van der Waals surface area contributed by atoms with Crippen molar-refractivity contribution in [2.45, 2.75) is 6.92 Å². The predicted molar refractivity (Wildman–Crippen MR) is 94.0 cm³/mol. The van der Waals surface area contributed by atoms with Crippen LogP contribution in [0.15, 0.2) is 59.3 Å². The van der Waals surface area contributed by atoms with Gasteiger partial charge in [0.2, 0.25) is 11.9 Å². The Morgan fingerprint density at radius 2 is 1.86 bits per heavy atom. The van der Waals surface area contributed by atoms with Crippen LogP contribution in [0.1, 0.15) is 17.3 Å². The number of hydrogen-bond donors (Lipinski definition) is 1.